The van der Waals surface area contributed by atoms with Crippen molar-refractivity contribution in [1.82, 2.24) is 20.4 Å². The van der Waals surface area contributed by atoms with E-state index in [1.165, 1.54) is 0 Å². The fraction of sp³-hybridized carbons (Fsp3) is 0.242. The average Bonchev–Trinajstić information content (AvgIpc) is 3.39. The van der Waals surface area contributed by atoms with Crippen molar-refractivity contribution in [2.24, 2.45) is 5.41 Å². The summed E-state index contributed by atoms with van der Waals surface area (Å²) in [5, 5.41) is 2.03. The van der Waals surface area contributed by atoms with Gasteiger partial charge in [0.25, 0.3) is 0 Å². The zero-order valence-corrected chi connectivity index (χ0v) is 23.0. The number of nitrogens with zero attached hydrogens (tertiary/aromatic N) is 3. The standard InChI is InChI=1S/C33H33N5O2/c1-4-40-30(39)29-26-28(27-22(20-32(26,2)3)21-35-31(34)36-27)37-38(29)33(23-14-8-5-9-15-23,24-16-10-6-11-17-24)25-18-12-7-13-19-25/h5-19,21,28,37H,4,20H2,1-3H3,(H2,34,35,36). The van der Waals surface area contributed by atoms with E-state index in [1.807, 2.05) is 72.7 Å². The van der Waals surface area contributed by atoms with Crippen molar-refractivity contribution in [3.63, 3.8) is 0 Å². The normalized spacial score (nSPS) is 17.8. The highest BCUT2D eigenvalue weighted by molar-refractivity contribution is 5.90. The third-order valence-corrected chi connectivity index (χ3v) is 7.96. The van der Waals surface area contributed by atoms with Gasteiger partial charge < -0.3 is 10.5 Å². The Morgan fingerprint density at radius 3 is 2.00 bits per heavy atom. The van der Waals surface area contributed by atoms with E-state index >= 15 is 0 Å². The first kappa shape index (κ1) is 25.8. The second kappa shape index (κ2) is 9.92. The van der Waals surface area contributed by atoms with Crippen molar-refractivity contribution in [3.8, 4) is 0 Å². The highest BCUT2D eigenvalue weighted by atomic mass is 16.5. The molecule has 1 aliphatic carbocycles. The molecule has 0 saturated heterocycles. The summed E-state index contributed by atoms with van der Waals surface area (Å²) in [4.78, 5) is 23.1. The lowest BCUT2D eigenvalue weighted by atomic mass is 9.69. The number of hydrazine groups is 1. The fourth-order valence-electron chi connectivity index (χ4n) is 6.41. The van der Waals surface area contributed by atoms with Gasteiger partial charge in [0, 0.05) is 6.20 Å². The number of nitrogens with one attached hydrogen (secondary N) is 1. The van der Waals surface area contributed by atoms with Crippen LogP contribution in [0.4, 0.5) is 5.95 Å². The Kier molecular flexibility index (Phi) is 6.39. The van der Waals surface area contributed by atoms with Crippen LogP contribution in [0.15, 0.2) is 108 Å². The lowest BCUT2D eigenvalue weighted by Gasteiger charge is -2.45. The van der Waals surface area contributed by atoms with E-state index < -0.39 is 11.0 Å². The number of nitrogens with two attached hydrogens (primary N) is 1. The topological polar surface area (TPSA) is 93.4 Å². The summed E-state index contributed by atoms with van der Waals surface area (Å²) in [6, 6.07) is 30.5. The van der Waals surface area contributed by atoms with Crippen molar-refractivity contribution in [3.05, 3.63) is 136 Å². The van der Waals surface area contributed by atoms with Gasteiger partial charge in [-0.05, 0) is 46.6 Å². The molecule has 7 nitrogen and oxygen atoms in total. The summed E-state index contributed by atoms with van der Waals surface area (Å²) in [5.74, 6) is -0.172. The van der Waals surface area contributed by atoms with E-state index in [0.717, 1.165) is 33.5 Å². The maximum Gasteiger partial charge on any atom is 0.356 e. The molecular formula is C33H33N5O2. The Balaban J connectivity index is 1.72. The molecule has 2 heterocycles. The molecule has 1 atom stereocenters. The SMILES string of the molecule is CCOC(=O)C1=C2C(NN1C(c1ccccc1)(c1ccccc1)c1ccccc1)c1nc(N)ncc1CC2(C)C. The number of hydrogen-bond acceptors (Lipinski definition) is 7. The van der Waals surface area contributed by atoms with Crippen LogP contribution in [-0.2, 0) is 21.5 Å². The van der Waals surface area contributed by atoms with Gasteiger partial charge in [-0.2, -0.15) is 0 Å². The highest BCUT2D eigenvalue weighted by Crippen LogP contribution is 2.54. The van der Waals surface area contributed by atoms with Gasteiger partial charge in [0.05, 0.1) is 18.3 Å². The van der Waals surface area contributed by atoms with Crippen LogP contribution in [0, 0.1) is 5.41 Å². The van der Waals surface area contributed by atoms with Crippen molar-refractivity contribution < 1.29 is 9.53 Å². The molecule has 0 saturated carbocycles. The van der Waals surface area contributed by atoms with Crippen LogP contribution >= 0.6 is 0 Å². The summed E-state index contributed by atoms with van der Waals surface area (Å²) >= 11 is 0. The summed E-state index contributed by atoms with van der Waals surface area (Å²) in [6.07, 6.45) is 2.48. The monoisotopic (exact) mass is 531 g/mol. The predicted molar refractivity (Wildman–Crippen MR) is 155 cm³/mol. The number of aromatic nitrogens is 2. The van der Waals surface area contributed by atoms with Crippen LogP contribution in [-0.4, -0.2) is 27.6 Å². The molecule has 202 valence electrons. The lowest BCUT2D eigenvalue weighted by molar-refractivity contribution is -0.141. The Morgan fingerprint density at radius 1 is 0.975 bits per heavy atom. The van der Waals surface area contributed by atoms with Crippen LogP contribution in [0.2, 0.25) is 0 Å². The average molecular weight is 532 g/mol. The smallest absolute Gasteiger partial charge is 0.356 e. The number of ether oxygens (including phenoxy) is 1. The van der Waals surface area contributed by atoms with Gasteiger partial charge in [0.1, 0.15) is 11.2 Å². The molecule has 1 aromatic heterocycles. The summed E-state index contributed by atoms with van der Waals surface area (Å²) < 4.78 is 5.78. The van der Waals surface area contributed by atoms with Gasteiger partial charge in [0.15, 0.2) is 0 Å². The molecular weight excluding hydrogens is 498 g/mol. The number of fused-ring (bicyclic) bond motifs is 3. The van der Waals surface area contributed by atoms with Crippen LogP contribution in [0.25, 0.3) is 0 Å². The van der Waals surface area contributed by atoms with E-state index in [2.05, 4.69) is 65.6 Å². The minimum Gasteiger partial charge on any atom is -0.461 e. The maximum absolute atomic E-state index is 14.1. The van der Waals surface area contributed by atoms with Crippen molar-refractivity contribution in [2.45, 2.75) is 38.8 Å². The molecule has 2 aliphatic rings. The lowest BCUT2D eigenvalue weighted by Crippen LogP contribution is -2.53. The maximum atomic E-state index is 14.1. The first-order valence-corrected chi connectivity index (χ1v) is 13.6. The van der Waals surface area contributed by atoms with E-state index in [9.17, 15) is 4.79 Å². The summed E-state index contributed by atoms with van der Waals surface area (Å²) in [5.41, 5.74) is 14.8. The van der Waals surface area contributed by atoms with Crippen molar-refractivity contribution in [2.75, 3.05) is 12.3 Å². The number of anilines is 1. The first-order chi connectivity index (χ1) is 19.4. The predicted octanol–water partition coefficient (Wildman–Crippen LogP) is 5.31. The summed E-state index contributed by atoms with van der Waals surface area (Å²) in [7, 11) is 0. The second-order valence-electron chi connectivity index (χ2n) is 10.9. The molecule has 6 rings (SSSR count). The van der Waals surface area contributed by atoms with Gasteiger partial charge in [-0.1, -0.05) is 105 Å². The molecule has 0 radical (unpaired) electrons. The molecule has 3 N–H and O–H groups in total. The third kappa shape index (κ3) is 3.97. The molecule has 7 heteroatoms. The number of rotatable bonds is 6. The van der Waals surface area contributed by atoms with E-state index in [0.29, 0.717) is 12.1 Å². The van der Waals surface area contributed by atoms with Crippen LogP contribution in [0.1, 0.15) is 54.8 Å². The molecule has 0 fully saturated rings. The number of nitrogen functional groups attached to an aromatic ring is 1. The number of benzene rings is 3. The minimum absolute atomic E-state index is 0.205. The molecule has 0 bridgehead atoms. The van der Waals surface area contributed by atoms with E-state index in [-0.39, 0.29) is 24.6 Å². The van der Waals surface area contributed by atoms with Crippen molar-refractivity contribution in [1.29, 1.82) is 0 Å². The third-order valence-electron chi connectivity index (χ3n) is 7.96. The Hall–Kier alpha value is -4.49. The van der Waals surface area contributed by atoms with Gasteiger partial charge >= 0.3 is 5.97 Å². The second-order valence-corrected chi connectivity index (χ2v) is 10.9. The van der Waals surface area contributed by atoms with Crippen molar-refractivity contribution >= 4 is 11.9 Å². The molecule has 0 spiro atoms. The Morgan fingerprint density at radius 2 is 1.50 bits per heavy atom. The highest BCUT2D eigenvalue weighted by Gasteiger charge is 2.55. The largest absolute Gasteiger partial charge is 0.461 e. The number of carbonyl (C=O) groups excluding carboxylic acids is 1. The van der Waals surface area contributed by atoms with Crippen LogP contribution in [0.5, 0.6) is 0 Å². The van der Waals surface area contributed by atoms with Gasteiger partial charge in [0.2, 0.25) is 5.95 Å². The van der Waals surface area contributed by atoms with Gasteiger partial charge in [-0.3, -0.25) is 5.01 Å². The number of hydrogen-bond donors (Lipinski definition) is 2. The molecule has 40 heavy (non-hydrogen) atoms. The zero-order valence-electron chi connectivity index (χ0n) is 23.0. The van der Waals surface area contributed by atoms with E-state index in [1.54, 1.807) is 0 Å². The summed E-state index contributed by atoms with van der Waals surface area (Å²) in [6.45, 7) is 6.42. The molecule has 3 aromatic carbocycles. The van der Waals surface area contributed by atoms with Crippen LogP contribution < -0.4 is 11.2 Å². The quantitative estimate of drug-likeness (QED) is 0.257. The van der Waals surface area contributed by atoms with Crippen LogP contribution in [0.3, 0.4) is 0 Å². The number of carbonyl (C=O) groups is 1. The van der Waals surface area contributed by atoms with E-state index in [4.69, 9.17) is 10.5 Å². The zero-order chi connectivity index (χ0) is 27.9. The fourth-order valence-corrected chi connectivity index (χ4v) is 6.41. The molecule has 4 aromatic rings. The Labute approximate surface area is 234 Å². The molecule has 1 unspecified atom stereocenters. The van der Waals surface area contributed by atoms with Gasteiger partial charge in [-0.25, -0.2) is 20.2 Å². The number of esters is 1. The minimum atomic E-state index is -0.926. The molecule has 1 aliphatic heterocycles. The first-order valence-electron chi connectivity index (χ1n) is 13.6. The molecule has 0 amide bonds. The van der Waals surface area contributed by atoms with Gasteiger partial charge in [-0.15, -0.1) is 0 Å². The Bertz CT molecular complexity index is 1470.